The summed E-state index contributed by atoms with van der Waals surface area (Å²) in [5.74, 6) is 2.38. The Morgan fingerprint density at radius 2 is 1.78 bits per heavy atom. The zero-order chi connectivity index (χ0) is 19.1. The summed E-state index contributed by atoms with van der Waals surface area (Å²) in [6.07, 6.45) is 1.86. The van der Waals surface area contributed by atoms with Gasteiger partial charge in [-0.05, 0) is 57.0 Å². The molecule has 142 valence electrons. The minimum atomic E-state index is 0.232. The van der Waals surface area contributed by atoms with Crippen molar-refractivity contribution in [3.8, 4) is 17.2 Å². The third-order valence-electron chi connectivity index (χ3n) is 4.42. The highest BCUT2D eigenvalue weighted by Crippen LogP contribution is 2.22. The molecule has 1 atom stereocenters. The van der Waals surface area contributed by atoms with E-state index in [0.29, 0.717) is 18.9 Å². The van der Waals surface area contributed by atoms with Gasteiger partial charge in [0.15, 0.2) is 0 Å². The first-order valence-corrected chi connectivity index (χ1v) is 9.50. The van der Waals surface area contributed by atoms with Gasteiger partial charge in [0.1, 0.15) is 11.5 Å². The molecule has 0 N–H and O–H groups in total. The van der Waals surface area contributed by atoms with Crippen LogP contribution in [-0.4, -0.2) is 24.3 Å². The maximum Gasteiger partial charge on any atom is 0.226 e. The van der Waals surface area contributed by atoms with E-state index in [1.807, 2.05) is 56.3 Å². The van der Waals surface area contributed by atoms with Gasteiger partial charge < -0.3 is 13.9 Å². The van der Waals surface area contributed by atoms with Crippen LogP contribution in [0.2, 0.25) is 0 Å². The average Bonchev–Trinajstić information content (AvgIpc) is 3.05. The fraction of sp³-hybridized carbons (Fsp3) is 0.348. The van der Waals surface area contributed by atoms with Crippen molar-refractivity contribution >= 4 is 0 Å². The van der Waals surface area contributed by atoms with Gasteiger partial charge in [-0.15, -0.1) is 0 Å². The molecule has 0 unspecified atom stereocenters. The maximum atomic E-state index is 5.87. The van der Waals surface area contributed by atoms with Crippen LogP contribution in [0, 0.1) is 6.92 Å². The van der Waals surface area contributed by atoms with Crippen molar-refractivity contribution in [1.82, 2.24) is 4.98 Å². The summed E-state index contributed by atoms with van der Waals surface area (Å²) >= 11 is 0. The Kier molecular flexibility index (Phi) is 6.66. The Labute approximate surface area is 161 Å². The third-order valence-corrected chi connectivity index (χ3v) is 4.42. The molecule has 0 saturated carbocycles. The molecule has 4 heteroatoms. The van der Waals surface area contributed by atoms with Crippen LogP contribution in [0.3, 0.4) is 0 Å². The lowest BCUT2D eigenvalue weighted by Crippen LogP contribution is -2.11. The molecule has 3 rings (SSSR count). The summed E-state index contributed by atoms with van der Waals surface area (Å²) in [5, 5.41) is 0. The summed E-state index contributed by atoms with van der Waals surface area (Å²) < 4.78 is 17.3. The molecular weight excluding hydrogens is 338 g/mol. The minimum absolute atomic E-state index is 0.232. The van der Waals surface area contributed by atoms with E-state index >= 15 is 0 Å². The maximum absolute atomic E-state index is 5.87. The topological polar surface area (TPSA) is 44.5 Å². The summed E-state index contributed by atoms with van der Waals surface area (Å²) in [5.41, 5.74) is 3.18. The number of hydrogen-bond acceptors (Lipinski definition) is 4. The van der Waals surface area contributed by atoms with Gasteiger partial charge in [-0.2, -0.15) is 0 Å². The fourth-order valence-electron chi connectivity index (χ4n) is 3.03. The molecule has 1 aromatic heterocycles. The number of nitrogens with zero attached hydrogens (tertiary/aromatic N) is 1. The van der Waals surface area contributed by atoms with Crippen molar-refractivity contribution in [3.63, 3.8) is 0 Å². The van der Waals surface area contributed by atoms with Gasteiger partial charge in [-0.3, -0.25) is 0 Å². The van der Waals surface area contributed by atoms with Gasteiger partial charge in [-0.1, -0.05) is 30.3 Å². The molecule has 2 aromatic carbocycles. The number of aromatic nitrogens is 1. The van der Waals surface area contributed by atoms with Crippen molar-refractivity contribution in [3.05, 3.63) is 71.6 Å². The second-order valence-corrected chi connectivity index (χ2v) is 6.60. The second kappa shape index (κ2) is 9.38. The highest BCUT2D eigenvalue weighted by molar-refractivity contribution is 5.53. The molecule has 0 aliphatic rings. The molecule has 0 saturated heterocycles. The van der Waals surface area contributed by atoms with E-state index in [4.69, 9.17) is 13.9 Å². The van der Waals surface area contributed by atoms with Crippen molar-refractivity contribution in [1.29, 1.82) is 0 Å². The lowest BCUT2D eigenvalue weighted by atomic mass is 10.1. The molecule has 1 heterocycles. The Morgan fingerprint density at radius 3 is 2.48 bits per heavy atom. The summed E-state index contributed by atoms with van der Waals surface area (Å²) in [7, 11) is 0. The number of oxazole rings is 1. The number of rotatable bonds is 9. The van der Waals surface area contributed by atoms with E-state index in [9.17, 15) is 0 Å². The SMILES string of the molecule is CCO[C@@H](C)Cc1ccc(OCCc2nc(-c3ccccc3)oc2C)cc1. The molecule has 0 spiro atoms. The van der Waals surface area contributed by atoms with Gasteiger partial charge in [-0.25, -0.2) is 4.98 Å². The summed E-state index contributed by atoms with van der Waals surface area (Å²) in [6, 6.07) is 18.2. The van der Waals surface area contributed by atoms with Crippen LogP contribution < -0.4 is 4.74 Å². The lowest BCUT2D eigenvalue weighted by molar-refractivity contribution is 0.0768. The van der Waals surface area contributed by atoms with Crippen LogP contribution >= 0.6 is 0 Å². The van der Waals surface area contributed by atoms with E-state index in [1.165, 1.54) is 5.56 Å². The van der Waals surface area contributed by atoms with Crippen molar-refractivity contribution in [2.45, 2.75) is 39.7 Å². The van der Waals surface area contributed by atoms with Crippen molar-refractivity contribution in [2.75, 3.05) is 13.2 Å². The lowest BCUT2D eigenvalue weighted by Gasteiger charge is -2.12. The second-order valence-electron chi connectivity index (χ2n) is 6.60. The fourth-order valence-corrected chi connectivity index (χ4v) is 3.03. The summed E-state index contributed by atoms with van der Waals surface area (Å²) in [4.78, 5) is 4.61. The van der Waals surface area contributed by atoms with E-state index in [0.717, 1.165) is 35.8 Å². The van der Waals surface area contributed by atoms with Gasteiger partial charge in [0.05, 0.1) is 18.4 Å². The van der Waals surface area contributed by atoms with Crippen LogP contribution in [-0.2, 0) is 17.6 Å². The third kappa shape index (κ3) is 5.44. The van der Waals surface area contributed by atoms with E-state index in [1.54, 1.807) is 0 Å². The van der Waals surface area contributed by atoms with Gasteiger partial charge >= 0.3 is 0 Å². The smallest absolute Gasteiger partial charge is 0.226 e. The molecule has 0 amide bonds. The Balaban J connectivity index is 1.52. The molecule has 0 bridgehead atoms. The first kappa shape index (κ1) is 19.2. The van der Waals surface area contributed by atoms with E-state index in [-0.39, 0.29) is 6.10 Å². The van der Waals surface area contributed by atoms with Crippen LogP contribution in [0.25, 0.3) is 11.5 Å². The highest BCUT2D eigenvalue weighted by Gasteiger charge is 2.11. The van der Waals surface area contributed by atoms with Crippen LogP contribution in [0.1, 0.15) is 30.9 Å². The standard InChI is InChI=1S/C23H27NO3/c1-4-25-17(2)16-19-10-12-21(13-11-19)26-15-14-22-18(3)27-23(24-22)20-8-6-5-7-9-20/h5-13,17H,4,14-16H2,1-3H3/t17-/m0/s1. The monoisotopic (exact) mass is 365 g/mol. The molecule has 3 aromatic rings. The Hall–Kier alpha value is -2.59. The van der Waals surface area contributed by atoms with Gasteiger partial charge in [0.2, 0.25) is 5.89 Å². The number of benzene rings is 2. The van der Waals surface area contributed by atoms with Gasteiger partial charge in [0.25, 0.3) is 0 Å². The van der Waals surface area contributed by atoms with Crippen molar-refractivity contribution < 1.29 is 13.9 Å². The molecule has 0 fully saturated rings. The van der Waals surface area contributed by atoms with E-state index in [2.05, 4.69) is 24.0 Å². The van der Waals surface area contributed by atoms with Crippen LogP contribution in [0.15, 0.2) is 59.0 Å². The minimum Gasteiger partial charge on any atom is -0.493 e. The zero-order valence-corrected chi connectivity index (χ0v) is 16.3. The average molecular weight is 365 g/mol. The molecule has 0 aliphatic heterocycles. The Bertz CT molecular complexity index is 825. The Morgan fingerprint density at radius 1 is 1.04 bits per heavy atom. The largest absolute Gasteiger partial charge is 0.493 e. The van der Waals surface area contributed by atoms with Crippen molar-refractivity contribution in [2.24, 2.45) is 0 Å². The molecule has 0 aliphatic carbocycles. The van der Waals surface area contributed by atoms with Crippen LogP contribution in [0.5, 0.6) is 5.75 Å². The normalized spacial score (nSPS) is 12.1. The van der Waals surface area contributed by atoms with Gasteiger partial charge in [0, 0.05) is 18.6 Å². The first-order valence-electron chi connectivity index (χ1n) is 9.50. The zero-order valence-electron chi connectivity index (χ0n) is 16.3. The number of aryl methyl sites for hydroxylation is 1. The van der Waals surface area contributed by atoms with E-state index < -0.39 is 0 Å². The molecule has 0 radical (unpaired) electrons. The highest BCUT2D eigenvalue weighted by atomic mass is 16.5. The number of ether oxygens (including phenoxy) is 2. The predicted molar refractivity (Wildman–Crippen MR) is 107 cm³/mol. The molecular formula is C23H27NO3. The van der Waals surface area contributed by atoms with Crippen LogP contribution in [0.4, 0.5) is 0 Å². The molecule has 4 nitrogen and oxygen atoms in total. The first-order chi connectivity index (χ1) is 13.2. The number of hydrogen-bond donors (Lipinski definition) is 0. The quantitative estimate of drug-likeness (QED) is 0.520. The summed E-state index contributed by atoms with van der Waals surface area (Å²) in [6.45, 7) is 7.37. The predicted octanol–water partition coefficient (Wildman–Crippen LogP) is 5.24. The molecule has 27 heavy (non-hydrogen) atoms.